The van der Waals surface area contributed by atoms with E-state index >= 15 is 0 Å². The van der Waals surface area contributed by atoms with Gasteiger partial charge in [-0.05, 0) is 18.2 Å². The van der Waals surface area contributed by atoms with Gasteiger partial charge in [-0.2, -0.15) is 0 Å². The van der Waals surface area contributed by atoms with Crippen molar-refractivity contribution in [3.05, 3.63) is 46.5 Å². The fourth-order valence-corrected chi connectivity index (χ4v) is 1.78. The van der Waals surface area contributed by atoms with Crippen molar-refractivity contribution < 1.29 is 4.79 Å². The molecule has 21 heavy (non-hydrogen) atoms. The Balaban J connectivity index is 2.36. The number of carbonyl (C=O) groups excluding carboxylic acids is 1. The van der Waals surface area contributed by atoms with Gasteiger partial charge in [0.05, 0.1) is 10.0 Å². The van der Waals surface area contributed by atoms with Crippen LogP contribution in [0.25, 0.3) is 0 Å². The molecule has 0 aliphatic rings. The molecule has 7 heteroatoms. The topological polar surface area (TPSA) is 65.5 Å². The van der Waals surface area contributed by atoms with Crippen LogP contribution in [0.4, 0.5) is 0 Å². The Labute approximate surface area is 134 Å². The highest BCUT2D eigenvalue weighted by Crippen LogP contribution is 2.22. The fraction of sp³-hybridized carbons (Fsp3) is 0.286. The molecule has 5 nitrogen and oxygen atoms in total. The average Bonchev–Trinajstić information content (AvgIpc) is 2.49. The van der Waals surface area contributed by atoms with Crippen LogP contribution < -0.4 is 16.0 Å². The molecule has 3 N–H and O–H groups in total. The third-order valence-corrected chi connectivity index (χ3v) is 3.26. The SMILES string of the molecule is C=CCNC(=NC)NCCNC(=O)c1ccc(Cl)c(Cl)c1. The van der Waals surface area contributed by atoms with Crippen molar-refractivity contribution in [1.29, 1.82) is 0 Å². The number of guanidine groups is 1. The minimum atomic E-state index is -0.204. The summed E-state index contributed by atoms with van der Waals surface area (Å²) in [5, 5.41) is 9.65. The molecule has 114 valence electrons. The van der Waals surface area contributed by atoms with Gasteiger partial charge in [0.2, 0.25) is 0 Å². The molecule has 0 bridgehead atoms. The molecule has 0 aliphatic carbocycles. The molecule has 0 spiro atoms. The van der Waals surface area contributed by atoms with Gasteiger partial charge < -0.3 is 16.0 Å². The lowest BCUT2D eigenvalue weighted by atomic mass is 10.2. The molecule has 0 atom stereocenters. The van der Waals surface area contributed by atoms with Gasteiger partial charge in [-0.1, -0.05) is 29.3 Å². The lowest BCUT2D eigenvalue weighted by Crippen LogP contribution is -2.41. The molecule has 0 saturated carbocycles. The van der Waals surface area contributed by atoms with Crippen molar-refractivity contribution in [2.24, 2.45) is 4.99 Å². The molecule has 0 fully saturated rings. The van der Waals surface area contributed by atoms with Gasteiger partial charge in [-0.3, -0.25) is 9.79 Å². The second-order valence-electron chi connectivity index (χ2n) is 4.05. The number of hydrogen-bond donors (Lipinski definition) is 3. The Hall–Kier alpha value is -1.72. The highest BCUT2D eigenvalue weighted by atomic mass is 35.5. The number of rotatable bonds is 6. The van der Waals surface area contributed by atoms with Crippen molar-refractivity contribution >= 4 is 35.1 Å². The predicted molar refractivity (Wildman–Crippen MR) is 88.4 cm³/mol. The monoisotopic (exact) mass is 328 g/mol. The van der Waals surface area contributed by atoms with Crippen LogP contribution in [-0.2, 0) is 0 Å². The minimum Gasteiger partial charge on any atom is -0.355 e. The molecule has 0 unspecified atom stereocenters. The van der Waals surface area contributed by atoms with Gasteiger partial charge in [0.1, 0.15) is 0 Å². The average molecular weight is 329 g/mol. The number of nitrogens with zero attached hydrogens (tertiary/aromatic N) is 1. The van der Waals surface area contributed by atoms with E-state index in [0.717, 1.165) is 0 Å². The lowest BCUT2D eigenvalue weighted by molar-refractivity contribution is 0.0954. The zero-order valence-corrected chi connectivity index (χ0v) is 13.3. The summed E-state index contributed by atoms with van der Waals surface area (Å²) in [5.74, 6) is 0.447. The van der Waals surface area contributed by atoms with Crippen LogP contribution >= 0.6 is 23.2 Å². The minimum absolute atomic E-state index is 0.204. The van der Waals surface area contributed by atoms with Crippen molar-refractivity contribution in [3.63, 3.8) is 0 Å². The van der Waals surface area contributed by atoms with Gasteiger partial charge in [-0.25, -0.2) is 0 Å². The first kappa shape index (κ1) is 17.3. The summed E-state index contributed by atoms with van der Waals surface area (Å²) in [4.78, 5) is 15.9. The van der Waals surface area contributed by atoms with Gasteiger partial charge in [-0.15, -0.1) is 6.58 Å². The number of hydrogen-bond acceptors (Lipinski definition) is 2. The summed E-state index contributed by atoms with van der Waals surface area (Å²) in [7, 11) is 1.67. The second-order valence-corrected chi connectivity index (χ2v) is 4.87. The van der Waals surface area contributed by atoms with Crippen LogP contribution in [-0.4, -0.2) is 38.5 Å². The van der Waals surface area contributed by atoms with Crippen LogP contribution in [0.5, 0.6) is 0 Å². The van der Waals surface area contributed by atoms with Gasteiger partial charge in [0, 0.05) is 32.2 Å². The first-order valence-electron chi connectivity index (χ1n) is 6.37. The maximum atomic E-state index is 11.9. The van der Waals surface area contributed by atoms with Crippen molar-refractivity contribution in [2.45, 2.75) is 0 Å². The number of nitrogens with one attached hydrogen (secondary N) is 3. The summed E-state index contributed by atoms with van der Waals surface area (Å²) >= 11 is 11.7. The van der Waals surface area contributed by atoms with Crippen LogP contribution in [0.15, 0.2) is 35.8 Å². The van der Waals surface area contributed by atoms with E-state index in [-0.39, 0.29) is 5.91 Å². The fourth-order valence-electron chi connectivity index (χ4n) is 1.49. The van der Waals surface area contributed by atoms with E-state index in [0.29, 0.717) is 41.2 Å². The first-order valence-corrected chi connectivity index (χ1v) is 7.12. The van der Waals surface area contributed by atoms with E-state index < -0.39 is 0 Å². The smallest absolute Gasteiger partial charge is 0.251 e. The quantitative estimate of drug-likeness (QED) is 0.324. The maximum absolute atomic E-state index is 11.9. The Kier molecular flexibility index (Phi) is 7.64. The molecule has 1 rings (SSSR count). The molecule has 1 amide bonds. The number of amides is 1. The normalized spacial score (nSPS) is 10.9. The van der Waals surface area contributed by atoms with E-state index in [9.17, 15) is 4.79 Å². The third-order valence-electron chi connectivity index (χ3n) is 2.52. The highest BCUT2D eigenvalue weighted by Gasteiger charge is 2.07. The lowest BCUT2D eigenvalue weighted by Gasteiger charge is -2.11. The van der Waals surface area contributed by atoms with Gasteiger partial charge in [0.25, 0.3) is 5.91 Å². The van der Waals surface area contributed by atoms with Gasteiger partial charge in [0.15, 0.2) is 5.96 Å². The van der Waals surface area contributed by atoms with Crippen LogP contribution in [0.3, 0.4) is 0 Å². The van der Waals surface area contributed by atoms with E-state index in [1.54, 1.807) is 25.3 Å². The highest BCUT2D eigenvalue weighted by molar-refractivity contribution is 6.42. The summed E-state index contributed by atoms with van der Waals surface area (Å²) in [6.45, 7) is 5.23. The standard InChI is InChI=1S/C14H18Cl2N4O/c1-3-6-19-14(17-2)20-8-7-18-13(21)10-4-5-11(15)12(16)9-10/h3-5,9H,1,6-8H2,2H3,(H,18,21)(H2,17,19,20). The Bertz CT molecular complexity index is 532. The Morgan fingerprint density at radius 3 is 2.57 bits per heavy atom. The van der Waals surface area contributed by atoms with Crippen LogP contribution in [0.1, 0.15) is 10.4 Å². The summed E-state index contributed by atoms with van der Waals surface area (Å²) in [5.41, 5.74) is 0.471. The Morgan fingerprint density at radius 2 is 1.95 bits per heavy atom. The molecule has 1 aromatic carbocycles. The zero-order valence-electron chi connectivity index (χ0n) is 11.7. The van der Waals surface area contributed by atoms with Crippen LogP contribution in [0, 0.1) is 0 Å². The van der Waals surface area contributed by atoms with E-state index in [1.807, 2.05) is 0 Å². The summed E-state index contributed by atoms with van der Waals surface area (Å²) in [6, 6.07) is 4.76. The maximum Gasteiger partial charge on any atom is 0.251 e. The van der Waals surface area contributed by atoms with Crippen molar-refractivity contribution in [3.8, 4) is 0 Å². The predicted octanol–water partition coefficient (Wildman–Crippen LogP) is 2.07. The number of halogens is 2. The summed E-state index contributed by atoms with van der Waals surface area (Å²) < 4.78 is 0. The van der Waals surface area contributed by atoms with E-state index in [4.69, 9.17) is 23.2 Å². The second kappa shape index (κ2) is 9.26. The third kappa shape index (κ3) is 6.06. The van der Waals surface area contributed by atoms with Gasteiger partial charge >= 0.3 is 0 Å². The van der Waals surface area contributed by atoms with Crippen molar-refractivity contribution in [1.82, 2.24) is 16.0 Å². The Morgan fingerprint density at radius 1 is 1.24 bits per heavy atom. The molecule has 0 radical (unpaired) electrons. The first-order chi connectivity index (χ1) is 10.1. The van der Waals surface area contributed by atoms with Crippen LogP contribution in [0.2, 0.25) is 10.0 Å². The van der Waals surface area contributed by atoms with E-state index in [1.165, 1.54) is 6.07 Å². The molecule has 0 heterocycles. The zero-order chi connectivity index (χ0) is 15.7. The molecule has 0 aromatic heterocycles. The molecular formula is C14H18Cl2N4O. The molecule has 0 saturated heterocycles. The number of aliphatic imine (C=N–C) groups is 1. The molecular weight excluding hydrogens is 311 g/mol. The molecule has 0 aliphatic heterocycles. The molecule has 1 aromatic rings. The van der Waals surface area contributed by atoms with Crippen molar-refractivity contribution in [2.75, 3.05) is 26.7 Å². The number of carbonyl (C=O) groups is 1. The van der Waals surface area contributed by atoms with E-state index in [2.05, 4.69) is 27.5 Å². The largest absolute Gasteiger partial charge is 0.355 e. The number of benzene rings is 1. The summed E-state index contributed by atoms with van der Waals surface area (Å²) in [6.07, 6.45) is 1.74.